The summed E-state index contributed by atoms with van der Waals surface area (Å²) in [4.78, 5) is 30.4. The van der Waals surface area contributed by atoms with E-state index >= 15 is 0 Å². The lowest BCUT2D eigenvalue weighted by Crippen LogP contribution is -2.48. The van der Waals surface area contributed by atoms with E-state index < -0.39 is 23.4 Å². The lowest BCUT2D eigenvalue weighted by Gasteiger charge is -2.28. The minimum Gasteiger partial charge on any atom is -0.444 e. The highest BCUT2D eigenvalue weighted by Crippen LogP contribution is 2.11. The van der Waals surface area contributed by atoms with Crippen molar-refractivity contribution in [2.24, 2.45) is 4.99 Å². The molecule has 1 atom stereocenters. The lowest BCUT2D eigenvalue weighted by molar-refractivity contribution is 0.0554. The zero-order chi connectivity index (χ0) is 24.4. The molecular formula is C25H37N3O4. The van der Waals surface area contributed by atoms with Gasteiger partial charge in [0.15, 0.2) is 0 Å². The lowest BCUT2D eigenvalue weighted by atomic mass is 10.1. The second-order valence-electron chi connectivity index (χ2n) is 9.44. The fourth-order valence-corrected chi connectivity index (χ4v) is 2.61. The predicted molar refractivity (Wildman–Crippen MR) is 127 cm³/mol. The van der Waals surface area contributed by atoms with Crippen LogP contribution in [0.4, 0.5) is 9.59 Å². The van der Waals surface area contributed by atoms with Crippen molar-refractivity contribution in [1.82, 2.24) is 10.2 Å². The molecular weight excluding hydrogens is 406 g/mol. The number of carbonyl (C=O) groups is 2. The Labute approximate surface area is 192 Å². The summed E-state index contributed by atoms with van der Waals surface area (Å²) in [6.45, 7) is 12.6. The Balaban J connectivity index is 3.13. The van der Waals surface area contributed by atoms with Crippen LogP contribution in [-0.4, -0.2) is 47.3 Å². The number of hydrogen-bond acceptors (Lipinski definition) is 4. The summed E-state index contributed by atoms with van der Waals surface area (Å²) in [5, 5.41) is 2.58. The molecule has 1 unspecified atom stereocenters. The maximum Gasteiger partial charge on any atom is 0.437 e. The number of nitrogens with zero attached hydrogens (tertiary/aromatic N) is 2. The molecule has 0 radical (unpaired) electrons. The van der Waals surface area contributed by atoms with Crippen LogP contribution in [0.2, 0.25) is 0 Å². The zero-order valence-corrected chi connectivity index (χ0v) is 20.6. The van der Waals surface area contributed by atoms with E-state index in [1.165, 1.54) is 0 Å². The van der Waals surface area contributed by atoms with Gasteiger partial charge < -0.3 is 14.4 Å². The number of alkyl carbamates (subject to hydrolysis) is 1. The number of aliphatic imine (C=N–C) groups is 1. The Bertz CT molecular complexity index is 840. The molecule has 0 spiro atoms. The van der Waals surface area contributed by atoms with E-state index in [2.05, 4.69) is 22.2 Å². The molecule has 0 aliphatic rings. The molecule has 32 heavy (non-hydrogen) atoms. The van der Waals surface area contributed by atoms with Gasteiger partial charge in [-0.1, -0.05) is 55.5 Å². The van der Waals surface area contributed by atoms with Gasteiger partial charge in [0.05, 0.1) is 6.04 Å². The Morgan fingerprint density at radius 3 is 2.19 bits per heavy atom. The first-order valence-electron chi connectivity index (χ1n) is 10.9. The molecule has 1 aromatic rings. The van der Waals surface area contributed by atoms with Gasteiger partial charge in [-0.3, -0.25) is 5.32 Å². The highest BCUT2D eigenvalue weighted by Gasteiger charge is 2.24. The number of nitrogens with one attached hydrogen (secondary N) is 1. The number of guanidine groups is 1. The van der Waals surface area contributed by atoms with Crippen molar-refractivity contribution in [3.63, 3.8) is 0 Å². The molecule has 1 rings (SSSR count). The Hall–Kier alpha value is -3.01. The first-order valence-corrected chi connectivity index (χ1v) is 10.9. The smallest absolute Gasteiger partial charge is 0.437 e. The third-order valence-corrected chi connectivity index (χ3v) is 3.97. The Morgan fingerprint density at radius 1 is 1.06 bits per heavy atom. The van der Waals surface area contributed by atoms with Crippen LogP contribution in [0, 0.1) is 11.8 Å². The summed E-state index contributed by atoms with van der Waals surface area (Å²) in [5.74, 6) is 6.47. The summed E-state index contributed by atoms with van der Waals surface area (Å²) in [6, 6.07) is 9.69. The first kappa shape index (κ1) is 27.0. The third-order valence-electron chi connectivity index (χ3n) is 3.97. The number of hydrogen-bond donors (Lipinski definition) is 1. The quantitative estimate of drug-likeness (QED) is 0.395. The molecule has 0 fully saturated rings. The van der Waals surface area contributed by atoms with Crippen LogP contribution >= 0.6 is 0 Å². The SMILES string of the molecule is CCCC(C#CCc1ccccc1)N(C)/C(=N\C(=O)OC(C)(C)C)NC(=O)OC(C)(C)C. The van der Waals surface area contributed by atoms with Gasteiger partial charge in [-0.2, -0.15) is 0 Å². The second-order valence-corrected chi connectivity index (χ2v) is 9.44. The van der Waals surface area contributed by atoms with Crippen molar-refractivity contribution in [3.8, 4) is 11.8 Å². The van der Waals surface area contributed by atoms with E-state index in [9.17, 15) is 9.59 Å². The van der Waals surface area contributed by atoms with Gasteiger partial charge in [0, 0.05) is 13.5 Å². The largest absolute Gasteiger partial charge is 0.444 e. The van der Waals surface area contributed by atoms with Crippen LogP contribution in [0.1, 0.15) is 66.9 Å². The van der Waals surface area contributed by atoms with Crippen molar-refractivity contribution >= 4 is 18.1 Å². The molecule has 0 bridgehead atoms. The van der Waals surface area contributed by atoms with Crippen LogP contribution in [0.15, 0.2) is 35.3 Å². The van der Waals surface area contributed by atoms with E-state index in [1.54, 1.807) is 53.5 Å². The molecule has 0 heterocycles. The first-order chi connectivity index (χ1) is 14.8. The van der Waals surface area contributed by atoms with Crippen molar-refractivity contribution in [3.05, 3.63) is 35.9 Å². The molecule has 0 saturated heterocycles. The van der Waals surface area contributed by atoms with Crippen LogP contribution in [0.5, 0.6) is 0 Å². The third kappa shape index (κ3) is 11.4. The minimum absolute atomic E-state index is 0.0287. The maximum absolute atomic E-state index is 12.4. The number of ether oxygens (including phenoxy) is 2. The van der Waals surface area contributed by atoms with E-state index in [0.717, 1.165) is 18.4 Å². The molecule has 1 aromatic carbocycles. The highest BCUT2D eigenvalue weighted by molar-refractivity contribution is 5.99. The van der Waals surface area contributed by atoms with E-state index in [4.69, 9.17) is 9.47 Å². The van der Waals surface area contributed by atoms with Crippen molar-refractivity contribution in [2.75, 3.05) is 7.05 Å². The van der Waals surface area contributed by atoms with Crippen LogP contribution in [0.25, 0.3) is 0 Å². The van der Waals surface area contributed by atoms with Gasteiger partial charge in [0.1, 0.15) is 11.2 Å². The van der Waals surface area contributed by atoms with Gasteiger partial charge in [-0.15, -0.1) is 4.99 Å². The van der Waals surface area contributed by atoms with E-state index in [1.807, 2.05) is 37.3 Å². The Kier molecular flexibility index (Phi) is 10.2. The standard InChI is InChI=1S/C25H37N3O4/c1-9-14-20(18-13-17-19-15-11-10-12-16-19)28(8)21(26-22(29)31-24(2,3)4)27-23(30)32-25(5,6)7/h10-12,15-16,20H,9,14,17H2,1-8H3,(H,26,27,29,30). The molecule has 2 amide bonds. The van der Waals surface area contributed by atoms with Crippen molar-refractivity contribution < 1.29 is 19.1 Å². The number of carbonyl (C=O) groups excluding carboxylic acids is 2. The average molecular weight is 444 g/mol. The molecule has 0 saturated carbocycles. The highest BCUT2D eigenvalue weighted by atomic mass is 16.6. The van der Waals surface area contributed by atoms with E-state index in [-0.39, 0.29) is 12.0 Å². The van der Waals surface area contributed by atoms with Crippen LogP contribution in [-0.2, 0) is 15.9 Å². The fourth-order valence-electron chi connectivity index (χ4n) is 2.61. The number of amides is 2. The maximum atomic E-state index is 12.4. The van der Waals surface area contributed by atoms with E-state index in [0.29, 0.717) is 6.42 Å². The Morgan fingerprint density at radius 2 is 1.66 bits per heavy atom. The van der Waals surface area contributed by atoms with Crippen LogP contribution < -0.4 is 5.32 Å². The number of rotatable bonds is 4. The monoisotopic (exact) mass is 443 g/mol. The van der Waals surface area contributed by atoms with Crippen molar-refractivity contribution in [2.45, 2.75) is 85.0 Å². The molecule has 1 N–H and O–H groups in total. The van der Waals surface area contributed by atoms with Gasteiger partial charge in [-0.05, 0) is 53.5 Å². The normalized spacial score (nSPS) is 12.8. The number of benzene rings is 1. The summed E-state index contributed by atoms with van der Waals surface area (Å²) in [6.07, 6.45) is 0.678. The summed E-state index contributed by atoms with van der Waals surface area (Å²) >= 11 is 0. The average Bonchev–Trinajstić information content (AvgIpc) is 2.64. The summed E-state index contributed by atoms with van der Waals surface area (Å²) in [5.41, 5.74) is -0.292. The van der Waals surface area contributed by atoms with Gasteiger partial charge in [0.2, 0.25) is 5.96 Å². The summed E-state index contributed by atoms with van der Waals surface area (Å²) < 4.78 is 10.6. The summed E-state index contributed by atoms with van der Waals surface area (Å²) in [7, 11) is 1.73. The molecule has 7 heteroatoms. The molecule has 0 aliphatic heterocycles. The minimum atomic E-state index is -0.803. The molecule has 176 valence electrons. The molecule has 7 nitrogen and oxygen atoms in total. The van der Waals surface area contributed by atoms with Crippen molar-refractivity contribution in [1.29, 1.82) is 0 Å². The topological polar surface area (TPSA) is 80.2 Å². The molecule has 0 aliphatic carbocycles. The molecule has 0 aromatic heterocycles. The zero-order valence-electron chi connectivity index (χ0n) is 20.6. The van der Waals surface area contributed by atoms with Crippen LogP contribution in [0.3, 0.4) is 0 Å². The second kappa shape index (κ2) is 12.1. The predicted octanol–water partition coefficient (Wildman–Crippen LogP) is 5.15. The fraction of sp³-hybridized carbons (Fsp3) is 0.560. The van der Waals surface area contributed by atoms with Gasteiger partial charge in [-0.25, -0.2) is 9.59 Å². The van der Waals surface area contributed by atoms with Gasteiger partial charge in [0.25, 0.3) is 0 Å². The van der Waals surface area contributed by atoms with Gasteiger partial charge >= 0.3 is 12.2 Å².